The normalized spacial score (nSPS) is 29.9. The van der Waals surface area contributed by atoms with Gasteiger partial charge in [-0.25, -0.2) is 4.39 Å². The molecule has 3 rings (SSSR count). The molecular weight excluding hydrogens is 261 g/mol. The maximum Gasteiger partial charge on any atom is 0.180 e. The molecule has 1 heterocycles. The molecule has 1 aliphatic carbocycles. The molecule has 0 spiro atoms. The number of thioether (sulfide) groups is 1. The summed E-state index contributed by atoms with van der Waals surface area (Å²) in [5.74, 6) is 1.39. The van der Waals surface area contributed by atoms with E-state index in [1.807, 2.05) is 0 Å². The molecule has 2 aliphatic rings. The maximum atomic E-state index is 13.1. The van der Waals surface area contributed by atoms with Gasteiger partial charge >= 0.3 is 0 Å². The van der Waals surface area contributed by atoms with Crippen LogP contribution >= 0.6 is 11.8 Å². The Morgan fingerprint density at radius 2 is 2.11 bits per heavy atom. The highest BCUT2D eigenvalue weighted by atomic mass is 32.2. The molecule has 1 fully saturated rings. The van der Waals surface area contributed by atoms with Crippen molar-refractivity contribution in [1.82, 2.24) is 0 Å². The van der Waals surface area contributed by atoms with E-state index in [0.717, 1.165) is 23.1 Å². The van der Waals surface area contributed by atoms with Gasteiger partial charge in [0.1, 0.15) is 5.82 Å². The number of nitrogens with one attached hydrogen (secondary N) is 1. The van der Waals surface area contributed by atoms with E-state index in [4.69, 9.17) is 4.74 Å². The lowest BCUT2D eigenvalue weighted by Gasteiger charge is -2.26. The number of hydrogen-bond donors (Lipinski definition) is 1. The zero-order chi connectivity index (χ0) is 13.2. The molecule has 1 unspecified atom stereocenters. The van der Waals surface area contributed by atoms with Crippen LogP contribution in [-0.2, 0) is 4.74 Å². The van der Waals surface area contributed by atoms with Crippen molar-refractivity contribution < 1.29 is 9.13 Å². The van der Waals surface area contributed by atoms with Crippen LogP contribution < -0.4 is 5.32 Å². The van der Waals surface area contributed by atoms with Gasteiger partial charge in [-0.2, -0.15) is 0 Å². The van der Waals surface area contributed by atoms with Gasteiger partial charge < -0.3 is 10.1 Å². The van der Waals surface area contributed by atoms with Crippen molar-refractivity contribution in [2.75, 3.05) is 11.9 Å². The Labute approximate surface area is 118 Å². The predicted molar refractivity (Wildman–Crippen MR) is 76.7 cm³/mol. The average Bonchev–Trinajstić information content (AvgIpc) is 2.80. The monoisotopic (exact) mass is 281 g/mol. The van der Waals surface area contributed by atoms with Gasteiger partial charge in [-0.1, -0.05) is 31.5 Å². The molecule has 19 heavy (non-hydrogen) atoms. The molecule has 2 nitrogen and oxygen atoms in total. The molecule has 1 N–H and O–H groups in total. The highest BCUT2D eigenvalue weighted by Crippen LogP contribution is 2.39. The number of ether oxygens (including phenoxy) is 1. The second kappa shape index (κ2) is 5.71. The number of hydrogen-bond acceptors (Lipinski definition) is 3. The summed E-state index contributed by atoms with van der Waals surface area (Å²) in [7, 11) is 0. The van der Waals surface area contributed by atoms with Crippen LogP contribution in [0.15, 0.2) is 23.1 Å². The Morgan fingerprint density at radius 3 is 2.89 bits per heavy atom. The lowest BCUT2D eigenvalue weighted by Crippen LogP contribution is -2.22. The van der Waals surface area contributed by atoms with Crippen molar-refractivity contribution in [1.29, 1.82) is 0 Å². The summed E-state index contributed by atoms with van der Waals surface area (Å²) in [6.07, 6.45) is 5.20. The van der Waals surface area contributed by atoms with Crippen LogP contribution in [0.5, 0.6) is 0 Å². The maximum absolute atomic E-state index is 13.1. The van der Waals surface area contributed by atoms with E-state index < -0.39 is 0 Å². The van der Waals surface area contributed by atoms with Gasteiger partial charge in [0, 0.05) is 4.90 Å². The smallest absolute Gasteiger partial charge is 0.180 e. The molecule has 0 saturated heterocycles. The van der Waals surface area contributed by atoms with Crippen LogP contribution in [0.25, 0.3) is 0 Å². The van der Waals surface area contributed by atoms with Gasteiger partial charge in [-0.15, -0.1) is 0 Å². The zero-order valence-electron chi connectivity index (χ0n) is 11.2. The third-order valence-corrected chi connectivity index (χ3v) is 5.13. The minimum atomic E-state index is -0.185. The summed E-state index contributed by atoms with van der Waals surface area (Å²) in [6, 6.07) is 4.83. The van der Waals surface area contributed by atoms with Crippen molar-refractivity contribution in [2.24, 2.45) is 11.8 Å². The van der Waals surface area contributed by atoms with Crippen molar-refractivity contribution in [2.45, 2.75) is 43.1 Å². The second-order valence-corrected chi connectivity index (χ2v) is 6.80. The number of fused-ring (bicyclic) bond motifs is 1. The second-order valence-electron chi connectivity index (χ2n) is 5.69. The number of anilines is 1. The summed E-state index contributed by atoms with van der Waals surface area (Å²) < 4.78 is 19.0. The van der Waals surface area contributed by atoms with Crippen LogP contribution in [0, 0.1) is 17.7 Å². The fraction of sp³-hybridized carbons (Fsp3) is 0.600. The summed E-state index contributed by atoms with van der Waals surface area (Å²) in [4.78, 5) is 0.947. The van der Waals surface area contributed by atoms with Gasteiger partial charge in [-0.3, -0.25) is 0 Å². The third-order valence-electron chi connectivity index (χ3n) is 4.07. The molecule has 0 aromatic heterocycles. The summed E-state index contributed by atoms with van der Waals surface area (Å²) in [6.45, 7) is 3.14. The Morgan fingerprint density at radius 1 is 1.32 bits per heavy atom. The molecule has 1 atom stereocenters. The minimum Gasteiger partial charge on any atom is -0.350 e. The standard InChI is InChI=1S/C15H20FNOS/c1-10-2-4-11(5-3-10)9-18-15-17-13-7-6-12(16)8-14(13)19-15/h6-8,10-11,15,17H,2-5,9H2,1H3. The van der Waals surface area contributed by atoms with Crippen molar-refractivity contribution in [3.63, 3.8) is 0 Å². The highest BCUT2D eigenvalue weighted by molar-refractivity contribution is 8.00. The average molecular weight is 281 g/mol. The van der Waals surface area contributed by atoms with E-state index in [9.17, 15) is 4.39 Å². The van der Waals surface area contributed by atoms with E-state index in [2.05, 4.69) is 12.2 Å². The van der Waals surface area contributed by atoms with E-state index in [0.29, 0.717) is 5.92 Å². The van der Waals surface area contributed by atoms with Gasteiger partial charge in [0.15, 0.2) is 5.56 Å². The Bertz CT molecular complexity index is 446. The molecule has 1 aliphatic heterocycles. The van der Waals surface area contributed by atoms with Gasteiger partial charge in [-0.05, 0) is 42.9 Å². The van der Waals surface area contributed by atoms with Gasteiger partial charge in [0.05, 0.1) is 12.3 Å². The number of rotatable bonds is 3. The molecule has 0 bridgehead atoms. The summed E-state index contributed by atoms with van der Waals surface area (Å²) in [5, 5.41) is 3.28. The molecule has 0 amide bonds. The number of benzene rings is 1. The van der Waals surface area contributed by atoms with Crippen LogP contribution in [0.4, 0.5) is 10.1 Å². The van der Waals surface area contributed by atoms with Crippen LogP contribution in [0.3, 0.4) is 0 Å². The van der Waals surface area contributed by atoms with Gasteiger partial charge in [0.2, 0.25) is 0 Å². The molecule has 0 radical (unpaired) electrons. The topological polar surface area (TPSA) is 21.3 Å². The van der Waals surface area contributed by atoms with E-state index in [1.165, 1.54) is 31.7 Å². The summed E-state index contributed by atoms with van der Waals surface area (Å²) in [5.41, 5.74) is 0.921. The molecule has 104 valence electrons. The molecule has 1 saturated carbocycles. The molecule has 1 aromatic carbocycles. The molecule has 4 heteroatoms. The van der Waals surface area contributed by atoms with Crippen LogP contribution in [0.1, 0.15) is 32.6 Å². The number of halogens is 1. The first-order valence-corrected chi connectivity index (χ1v) is 7.93. The Kier molecular flexibility index (Phi) is 3.99. The lowest BCUT2D eigenvalue weighted by molar-refractivity contribution is 0.0759. The SMILES string of the molecule is CC1CCC(COC2Nc3ccc(F)cc3S2)CC1. The lowest BCUT2D eigenvalue weighted by atomic mass is 9.83. The van der Waals surface area contributed by atoms with Crippen molar-refractivity contribution in [3.8, 4) is 0 Å². The predicted octanol–water partition coefficient (Wildman–Crippen LogP) is 4.47. The van der Waals surface area contributed by atoms with Crippen molar-refractivity contribution in [3.05, 3.63) is 24.0 Å². The van der Waals surface area contributed by atoms with Crippen LogP contribution in [0.2, 0.25) is 0 Å². The first-order valence-electron chi connectivity index (χ1n) is 7.05. The van der Waals surface area contributed by atoms with E-state index in [-0.39, 0.29) is 11.4 Å². The Hall–Kier alpha value is -0.740. The first kappa shape index (κ1) is 13.3. The van der Waals surface area contributed by atoms with Crippen LogP contribution in [-0.4, -0.2) is 12.2 Å². The van der Waals surface area contributed by atoms with Gasteiger partial charge in [0.25, 0.3) is 0 Å². The first-order chi connectivity index (χ1) is 9.20. The minimum absolute atomic E-state index is 0.0591. The van der Waals surface area contributed by atoms with E-state index >= 15 is 0 Å². The van der Waals surface area contributed by atoms with E-state index in [1.54, 1.807) is 23.9 Å². The Balaban J connectivity index is 1.48. The molecule has 1 aromatic rings. The molecular formula is C15H20FNOS. The highest BCUT2D eigenvalue weighted by Gasteiger charge is 2.24. The van der Waals surface area contributed by atoms with Crippen molar-refractivity contribution >= 4 is 17.4 Å². The quantitative estimate of drug-likeness (QED) is 0.883. The fourth-order valence-corrected chi connectivity index (χ4v) is 3.78. The largest absolute Gasteiger partial charge is 0.350 e. The fourth-order valence-electron chi connectivity index (χ4n) is 2.78. The third kappa shape index (κ3) is 3.23. The summed E-state index contributed by atoms with van der Waals surface area (Å²) >= 11 is 1.57. The zero-order valence-corrected chi connectivity index (χ0v) is 12.0.